The summed E-state index contributed by atoms with van der Waals surface area (Å²) in [6.45, 7) is 12.8. The molecule has 0 unspecified atom stereocenters. The van der Waals surface area contributed by atoms with Gasteiger partial charge < -0.3 is 15.1 Å². The molecule has 34 heavy (non-hydrogen) atoms. The van der Waals surface area contributed by atoms with Crippen molar-refractivity contribution >= 4 is 52.1 Å². The van der Waals surface area contributed by atoms with Gasteiger partial charge in [0.25, 0.3) is 5.91 Å². The van der Waals surface area contributed by atoms with Gasteiger partial charge in [-0.05, 0) is 47.5 Å². The standard InChI is InChI=1S/C26H33ClN4O2S/c1-17(2)24(33)31-15-13-30(14-16-31)22-20(27)7-6-8-21(22)28-25(34)29-23(32)18-9-11-19(12-10-18)26(3,4)5/h6-12,17H,13-16H2,1-5H3,(H2,28,29,32,34). The fourth-order valence-corrected chi connectivity index (χ4v) is 4.40. The zero-order chi connectivity index (χ0) is 25.0. The molecule has 2 aromatic rings. The van der Waals surface area contributed by atoms with Crippen LogP contribution in [0.25, 0.3) is 0 Å². The van der Waals surface area contributed by atoms with Gasteiger partial charge in [0.15, 0.2) is 5.11 Å². The molecule has 2 aromatic carbocycles. The van der Waals surface area contributed by atoms with E-state index in [-0.39, 0.29) is 28.3 Å². The van der Waals surface area contributed by atoms with Crippen LogP contribution in [0.3, 0.4) is 0 Å². The van der Waals surface area contributed by atoms with Crippen LogP contribution >= 0.6 is 23.8 Å². The third-order valence-corrected chi connectivity index (χ3v) is 6.39. The maximum Gasteiger partial charge on any atom is 0.257 e. The maximum absolute atomic E-state index is 12.7. The molecule has 0 aliphatic carbocycles. The first-order chi connectivity index (χ1) is 16.0. The quantitative estimate of drug-likeness (QED) is 0.574. The Hall–Kier alpha value is -2.64. The Labute approximate surface area is 212 Å². The molecular weight excluding hydrogens is 468 g/mol. The summed E-state index contributed by atoms with van der Waals surface area (Å²) in [5.74, 6) is -0.131. The van der Waals surface area contributed by atoms with Gasteiger partial charge in [-0.3, -0.25) is 14.9 Å². The number of amides is 2. The third-order valence-electron chi connectivity index (χ3n) is 5.88. The Morgan fingerprint density at radius 3 is 2.18 bits per heavy atom. The molecule has 0 aromatic heterocycles. The monoisotopic (exact) mass is 500 g/mol. The van der Waals surface area contributed by atoms with E-state index in [1.165, 1.54) is 0 Å². The second-order valence-corrected chi connectivity index (χ2v) is 10.7. The third kappa shape index (κ3) is 6.27. The first kappa shape index (κ1) is 26.0. The Morgan fingerprint density at radius 1 is 1.00 bits per heavy atom. The van der Waals surface area contributed by atoms with Gasteiger partial charge in [-0.1, -0.05) is 64.4 Å². The molecule has 2 amide bonds. The summed E-state index contributed by atoms with van der Waals surface area (Å²) in [4.78, 5) is 29.1. The molecule has 1 aliphatic rings. The highest BCUT2D eigenvalue weighted by molar-refractivity contribution is 7.80. The van der Waals surface area contributed by atoms with E-state index < -0.39 is 0 Å². The second kappa shape index (κ2) is 10.7. The summed E-state index contributed by atoms with van der Waals surface area (Å²) in [5, 5.41) is 6.66. The molecule has 8 heteroatoms. The number of benzene rings is 2. The number of thiocarbonyl (C=S) groups is 1. The van der Waals surface area contributed by atoms with Crippen molar-refractivity contribution in [1.29, 1.82) is 0 Å². The number of anilines is 2. The molecule has 2 N–H and O–H groups in total. The Balaban J connectivity index is 1.67. The van der Waals surface area contributed by atoms with Crippen LogP contribution in [0.2, 0.25) is 5.02 Å². The summed E-state index contributed by atoms with van der Waals surface area (Å²) >= 11 is 12.0. The van der Waals surface area contributed by atoms with Gasteiger partial charge in [-0.2, -0.15) is 0 Å². The highest BCUT2D eigenvalue weighted by Crippen LogP contribution is 2.34. The lowest BCUT2D eigenvalue weighted by Gasteiger charge is -2.38. The number of carbonyl (C=O) groups is 2. The van der Waals surface area contributed by atoms with E-state index >= 15 is 0 Å². The molecule has 0 spiro atoms. The van der Waals surface area contributed by atoms with E-state index in [1.54, 1.807) is 12.1 Å². The minimum Gasteiger partial charge on any atom is -0.365 e. The molecule has 6 nitrogen and oxygen atoms in total. The molecule has 1 heterocycles. The van der Waals surface area contributed by atoms with Crippen LogP contribution in [0.1, 0.15) is 50.5 Å². The molecule has 182 valence electrons. The van der Waals surface area contributed by atoms with Crippen LogP contribution in [-0.2, 0) is 10.2 Å². The minimum absolute atomic E-state index is 0.0163. The van der Waals surface area contributed by atoms with Gasteiger partial charge in [-0.15, -0.1) is 0 Å². The molecule has 3 rings (SSSR count). The Kier molecular flexibility index (Phi) is 8.21. The van der Waals surface area contributed by atoms with Crippen LogP contribution in [-0.4, -0.2) is 48.0 Å². The summed E-state index contributed by atoms with van der Waals surface area (Å²) in [5.41, 5.74) is 3.23. The molecule has 0 radical (unpaired) electrons. The number of halogens is 1. The van der Waals surface area contributed by atoms with Crippen molar-refractivity contribution in [1.82, 2.24) is 10.2 Å². The highest BCUT2D eigenvalue weighted by atomic mass is 35.5. The van der Waals surface area contributed by atoms with E-state index in [2.05, 4.69) is 36.3 Å². The summed E-state index contributed by atoms with van der Waals surface area (Å²) in [6, 6.07) is 13.1. The molecule has 0 atom stereocenters. The zero-order valence-corrected chi connectivity index (χ0v) is 22.0. The first-order valence-corrected chi connectivity index (χ1v) is 12.3. The summed E-state index contributed by atoms with van der Waals surface area (Å²) < 4.78 is 0. The smallest absolute Gasteiger partial charge is 0.257 e. The van der Waals surface area contributed by atoms with E-state index in [4.69, 9.17) is 23.8 Å². The van der Waals surface area contributed by atoms with Gasteiger partial charge in [0, 0.05) is 37.7 Å². The van der Waals surface area contributed by atoms with Crippen LogP contribution in [0.5, 0.6) is 0 Å². The molecule has 1 aliphatic heterocycles. The van der Waals surface area contributed by atoms with Gasteiger partial charge in [0.05, 0.1) is 16.4 Å². The van der Waals surface area contributed by atoms with Crippen molar-refractivity contribution in [2.24, 2.45) is 5.92 Å². The van der Waals surface area contributed by atoms with Crippen molar-refractivity contribution in [3.05, 3.63) is 58.6 Å². The number of piperazine rings is 1. The number of hydrogen-bond acceptors (Lipinski definition) is 4. The fourth-order valence-electron chi connectivity index (χ4n) is 3.90. The lowest BCUT2D eigenvalue weighted by molar-refractivity contribution is -0.134. The summed E-state index contributed by atoms with van der Waals surface area (Å²) in [6.07, 6.45) is 0. The predicted molar refractivity (Wildman–Crippen MR) is 144 cm³/mol. The van der Waals surface area contributed by atoms with Gasteiger partial charge in [0.1, 0.15) is 0 Å². The van der Waals surface area contributed by atoms with E-state index in [0.29, 0.717) is 42.5 Å². The van der Waals surface area contributed by atoms with Crippen molar-refractivity contribution in [2.75, 3.05) is 36.4 Å². The first-order valence-electron chi connectivity index (χ1n) is 11.5. The van der Waals surface area contributed by atoms with Crippen LogP contribution < -0.4 is 15.5 Å². The molecule has 1 fully saturated rings. The van der Waals surface area contributed by atoms with Crippen molar-refractivity contribution in [3.63, 3.8) is 0 Å². The Morgan fingerprint density at radius 2 is 1.62 bits per heavy atom. The van der Waals surface area contributed by atoms with Gasteiger partial charge in [0.2, 0.25) is 5.91 Å². The lowest BCUT2D eigenvalue weighted by atomic mass is 9.87. The van der Waals surface area contributed by atoms with Gasteiger partial charge >= 0.3 is 0 Å². The van der Waals surface area contributed by atoms with Crippen LogP contribution in [0.15, 0.2) is 42.5 Å². The van der Waals surface area contributed by atoms with Crippen molar-refractivity contribution in [2.45, 2.75) is 40.0 Å². The molecule has 0 bridgehead atoms. The number of hydrogen-bond donors (Lipinski definition) is 2. The number of rotatable bonds is 4. The highest BCUT2D eigenvalue weighted by Gasteiger charge is 2.25. The number of nitrogens with zero attached hydrogens (tertiary/aromatic N) is 2. The van der Waals surface area contributed by atoms with E-state index in [0.717, 1.165) is 11.3 Å². The maximum atomic E-state index is 12.7. The zero-order valence-electron chi connectivity index (χ0n) is 20.4. The largest absolute Gasteiger partial charge is 0.365 e. The fraction of sp³-hybridized carbons (Fsp3) is 0.423. The van der Waals surface area contributed by atoms with E-state index in [1.807, 2.05) is 49.1 Å². The van der Waals surface area contributed by atoms with Gasteiger partial charge in [-0.25, -0.2) is 0 Å². The van der Waals surface area contributed by atoms with Crippen molar-refractivity contribution < 1.29 is 9.59 Å². The van der Waals surface area contributed by atoms with E-state index in [9.17, 15) is 9.59 Å². The molecule has 1 saturated heterocycles. The second-order valence-electron chi connectivity index (χ2n) is 9.84. The SMILES string of the molecule is CC(C)C(=O)N1CCN(c2c(Cl)cccc2NC(=S)NC(=O)c2ccc(C(C)(C)C)cc2)CC1. The van der Waals surface area contributed by atoms with Crippen LogP contribution in [0, 0.1) is 5.92 Å². The number of carbonyl (C=O) groups excluding carboxylic acids is 2. The minimum atomic E-state index is -0.276. The number of para-hydroxylation sites is 1. The normalized spacial score (nSPS) is 14.2. The lowest BCUT2D eigenvalue weighted by Crippen LogP contribution is -2.50. The van der Waals surface area contributed by atoms with Crippen molar-refractivity contribution in [3.8, 4) is 0 Å². The molecular formula is C26H33ClN4O2S. The number of nitrogens with one attached hydrogen (secondary N) is 2. The van der Waals surface area contributed by atoms with Crippen LogP contribution in [0.4, 0.5) is 11.4 Å². The Bertz CT molecular complexity index is 1060. The molecule has 0 saturated carbocycles. The summed E-state index contributed by atoms with van der Waals surface area (Å²) in [7, 11) is 0. The topological polar surface area (TPSA) is 64.7 Å². The predicted octanol–water partition coefficient (Wildman–Crippen LogP) is 5.07. The average Bonchev–Trinajstić information content (AvgIpc) is 2.78. The average molecular weight is 501 g/mol.